The second-order valence-electron chi connectivity index (χ2n) is 6.15. The van der Waals surface area contributed by atoms with Crippen molar-refractivity contribution in [2.75, 3.05) is 6.54 Å². The normalized spacial score (nSPS) is 22.1. The van der Waals surface area contributed by atoms with Crippen molar-refractivity contribution in [1.82, 2.24) is 4.90 Å². The topological polar surface area (TPSA) is 37.4 Å². The first-order valence-corrected chi connectivity index (χ1v) is 7.50. The molecule has 1 saturated heterocycles. The van der Waals surface area contributed by atoms with Gasteiger partial charge in [0, 0.05) is 18.0 Å². The fraction of sp³-hybridized carbons (Fsp3) is 0.529. The van der Waals surface area contributed by atoms with Crippen molar-refractivity contribution in [2.24, 2.45) is 5.92 Å². The molecule has 1 saturated carbocycles. The van der Waals surface area contributed by atoms with Crippen LogP contribution in [0, 0.1) is 19.8 Å². The Morgan fingerprint density at radius 3 is 2.60 bits per heavy atom. The van der Waals surface area contributed by atoms with E-state index < -0.39 is 0 Å². The molecule has 0 bridgehead atoms. The van der Waals surface area contributed by atoms with E-state index in [1.807, 2.05) is 36.9 Å². The summed E-state index contributed by atoms with van der Waals surface area (Å²) in [5, 5.41) is 0. The maximum Gasteiger partial charge on any atom is 0.226 e. The Labute approximate surface area is 120 Å². The molecule has 0 N–H and O–H groups in total. The molecule has 1 aromatic carbocycles. The van der Waals surface area contributed by atoms with E-state index in [0.29, 0.717) is 0 Å². The number of nitrogens with zero attached hydrogens (tertiary/aromatic N) is 1. The SMILES string of the molecule is Cc1ccc(C)c(C(=O)C2CCCN2C(=O)C2CC2)c1. The number of likely N-dealkylation sites (tertiary alicyclic amines) is 1. The minimum Gasteiger partial charge on any atom is -0.332 e. The summed E-state index contributed by atoms with van der Waals surface area (Å²) in [6.07, 6.45) is 3.75. The number of benzene rings is 1. The molecule has 1 atom stereocenters. The van der Waals surface area contributed by atoms with Crippen LogP contribution in [0.2, 0.25) is 0 Å². The van der Waals surface area contributed by atoms with Gasteiger partial charge >= 0.3 is 0 Å². The highest BCUT2D eigenvalue weighted by atomic mass is 16.2. The van der Waals surface area contributed by atoms with Crippen molar-refractivity contribution < 1.29 is 9.59 Å². The van der Waals surface area contributed by atoms with Crippen LogP contribution in [-0.4, -0.2) is 29.2 Å². The Morgan fingerprint density at radius 1 is 1.15 bits per heavy atom. The molecule has 3 heteroatoms. The molecule has 0 radical (unpaired) electrons. The first-order valence-electron chi connectivity index (χ1n) is 7.50. The molecule has 0 aromatic heterocycles. The highest BCUT2D eigenvalue weighted by molar-refractivity contribution is 6.03. The van der Waals surface area contributed by atoms with Crippen LogP contribution < -0.4 is 0 Å². The Hall–Kier alpha value is -1.64. The zero-order valence-corrected chi connectivity index (χ0v) is 12.2. The molecule has 3 nitrogen and oxygen atoms in total. The first-order chi connectivity index (χ1) is 9.58. The van der Waals surface area contributed by atoms with Crippen LogP contribution >= 0.6 is 0 Å². The third-order valence-corrected chi connectivity index (χ3v) is 4.42. The maximum absolute atomic E-state index is 12.8. The van der Waals surface area contributed by atoms with Crippen LogP contribution in [0.25, 0.3) is 0 Å². The van der Waals surface area contributed by atoms with Crippen LogP contribution in [0.5, 0.6) is 0 Å². The van der Waals surface area contributed by atoms with Crippen LogP contribution in [-0.2, 0) is 4.79 Å². The van der Waals surface area contributed by atoms with Crippen LogP contribution in [0.15, 0.2) is 18.2 Å². The average Bonchev–Trinajstić information content (AvgIpc) is 3.17. The van der Waals surface area contributed by atoms with Gasteiger partial charge in [0.25, 0.3) is 0 Å². The molecule has 1 unspecified atom stereocenters. The molecule has 20 heavy (non-hydrogen) atoms. The summed E-state index contributed by atoms with van der Waals surface area (Å²) >= 11 is 0. The Balaban J connectivity index is 1.85. The zero-order chi connectivity index (χ0) is 14.3. The molecule has 0 spiro atoms. The second-order valence-corrected chi connectivity index (χ2v) is 6.15. The van der Waals surface area contributed by atoms with E-state index in [2.05, 4.69) is 0 Å². The quantitative estimate of drug-likeness (QED) is 0.793. The van der Waals surface area contributed by atoms with Gasteiger partial charge in [0.05, 0.1) is 6.04 Å². The molecule has 2 fully saturated rings. The monoisotopic (exact) mass is 271 g/mol. The lowest BCUT2D eigenvalue weighted by molar-refractivity contribution is -0.132. The highest BCUT2D eigenvalue weighted by Crippen LogP contribution is 2.34. The molecule has 1 aliphatic heterocycles. The van der Waals surface area contributed by atoms with Crippen molar-refractivity contribution in [3.63, 3.8) is 0 Å². The summed E-state index contributed by atoms with van der Waals surface area (Å²) in [6, 6.07) is 5.73. The van der Waals surface area contributed by atoms with Gasteiger partial charge in [0.2, 0.25) is 5.91 Å². The first kappa shape index (κ1) is 13.3. The molecule has 1 aromatic rings. The van der Waals surface area contributed by atoms with Crippen molar-refractivity contribution >= 4 is 11.7 Å². The van der Waals surface area contributed by atoms with Gasteiger partial charge in [-0.1, -0.05) is 17.7 Å². The third kappa shape index (κ3) is 2.37. The predicted octanol–water partition coefficient (Wildman–Crippen LogP) is 2.89. The molecular formula is C17H21NO2. The minimum absolute atomic E-state index is 0.123. The number of Topliss-reactive ketones (excluding diaryl/α,β-unsaturated/α-hetero) is 1. The number of carbonyl (C=O) groups excluding carboxylic acids is 2. The number of aryl methyl sites for hydroxylation is 2. The van der Waals surface area contributed by atoms with Crippen molar-refractivity contribution in [3.05, 3.63) is 34.9 Å². The van der Waals surface area contributed by atoms with Gasteiger partial charge in [0.15, 0.2) is 5.78 Å². The second kappa shape index (κ2) is 5.04. The molecule has 1 amide bonds. The van der Waals surface area contributed by atoms with E-state index in [0.717, 1.165) is 48.9 Å². The van der Waals surface area contributed by atoms with Gasteiger partial charge in [-0.25, -0.2) is 0 Å². The molecule has 106 valence electrons. The van der Waals surface area contributed by atoms with Crippen molar-refractivity contribution in [2.45, 2.75) is 45.6 Å². The zero-order valence-electron chi connectivity index (χ0n) is 12.2. The van der Waals surface area contributed by atoms with Gasteiger partial charge < -0.3 is 4.90 Å². The summed E-state index contributed by atoms with van der Waals surface area (Å²) < 4.78 is 0. The van der Waals surface area contributed by atoms with E-state index >= 15 is 0 Å². The summed E-state index contributed by atoms with van der Waals surface area (Å²) in [7, 11) is 0. The summed E-state index contributed by atoms with van der Waals surface area (Å²) in [6.45, 7) is 4.71. The number of ketones is 1. The number of hydrogen-bond acceptors (Lipinski definition) is 2. The van der Waals surface area contributed by atoms with E-state index in [-0.39, 0.29) is 23.7 Å². The summed E-state index contributed by atoms with van der Waals surface area (Å²) in [5.74, 6) is 0.519. The Bertz CT molecular complexity index is 560. The number of carbonyl (C=O) groups is 2. The van der Waals surface area contributed by atoms with E-state index in [1.165, 1.54) is 0 Å². The third-order valence-electron chi connectivity index (χ3n) is 4.42. The lowest BCUT2D eigenvalue weighted by Crippen LogP contribution is -2.41. The maximum atomic E-state index is 12.8. The number of amides is 1. The van der Waals surface area contributed by atoms with Gasteiger partial charge in [-0.15, -0.1) is 0 Å². The molecular weight excluding hydrogens is 250 g/mol. The highest BCUT2D eigenvalue weighted by Gasteiger charge is 2.41. The molecule has 1 heterocycles. The lowest BCUT2D eigenvalue weighted by Gasteiger charge is -2.24. The number of rotatable bonds is 3. The predicted molar refractivity (Wildman–Crippen MR) is 77.7 cm³/mol. The van der Waals surface area contributed by atoms with Gasteiger partial charge in [-0.2, -0.15) is 0 Å². The lowest BCUT2D eigenvalue weighted by atomic mass is 9.96. The van der Waals surface area contributed by atoms with E-state index in [1.54, 1.807) is 0 Å². The van der Waals surface area contributed by atoms with Crippen molar-refractivity contribution in [1.29, 1.82) is 0 Å². The summed E-state index contributed by atoms with van der Waals surface area (Å²) in [5.41, 5.74) is 2.88. The van der Waals surface area contributed by atoms with Crippen LogP contribution in [0.4, 0.5) is 0 Å². The fourth-order valence-corrected chi connectivity index (χ4v) is 3.05. The largest absolute Gasteiger partial charge is 0.332 e. The standard InChI is InChI=1S/C17H21NO2/c1-11-5-6-12(2)14(10-11)16(19)15-4-3-9-18(15)17(20)13-7-8-13/h5-6,10,13,15H,3-4,7-9H2,1-2H3. The van der Waals surface area contributed by atoms with Crippen LogP contribution in [0.1, 0.15) is 47.2 Å². The Kier molecular flexibility index (Phi) is 3.36. The van der Waals surface area contributed by atoms with Crippen LogP contribution in [0.3, 0.4) is 0 Å². The fourth-order valence-electron chi connectivity index (χ4n) is 3.05. The molecule has 3 rings (SSSR count). The van der Waals surface area contributed by atoms with E-state index in [4.69, 9.17) is 0 Å². The van der Waals surface area contributed by atoms with Gasteiger partial charge in [-0.05, 0) is 51.2 Å². The van der Waals surface area contributed by atoms with Gasteiger partial charge in [0.1, 0.15) is 0 Å². The van der Waals surface area contributed by atoms with Gasteiger partial charge in [-0.3, -0.25) is 9.59 Å². The minimum atomic E-state index is -0.233. The van der Waals surface area contributed by atoms with Crippen molar-refractivity contribution in [3.8, 4) is 0 Å². The smallest absolute Gasteiger partial charge is 0.226 e. The average molecular weight is 271 g/mol. The Morgan fingerprint density at radius 2 is 1.90 bits per heavy atom. The summed E-state index contributed by atoms with van der Waals surface area (Å²) in [4.78, 5) is 26.9. The molecule has 2 aliphatic rings. The molecule has 1 aliphatic carbocycles. The number of hydrogen-bond donors (Lipinski definition) is 0. The van der Waals surface area contributed by atoms with E-state index in [9.17, 15) is 9.59 Å².